The number of rotatable bonds is 3. The van der Waals surface area contributed by atoms with Gasteiger partial charge in [-0.2, -0.15) is 0 Å². The third-order valence-electron chi connectivity index (χ3n) is 5.80. The lowest BCUT2D eigenvalue weighted by atomic mass is 10.0. The molecular formula is C25H26N4O. The fourth-order valence-electron chi connectivity index (χ4n) is 4.29. The molecule has 0 atom stereocenters. The summed E-state index contributed by atoms with van der Waals surface area (Å²) >= 11 is 0. The van der Waals surface area contributed by atoms with E-state index in [9.17, 15) is 0 Å². The van der Waals surface area contributed by atoms with Crippen LogP contribution in [0.15, 0.2) is 54.6 Å². The molecule has 30 heavy (non-hydrogen) atoms. The van der Waals surface area contributed by atoms with Crippen LogP contribution in [0.3, 0.4) is 0 Å². The number of aryl methyl sites for hydroxylation is 2. The zero-order valence-corrected chi connectivity index (χ0v) is 17.5. The largest absolute Gasteiger partial charge is 0.378 e. The van der Waals surface area contributed by atoms with E-state index in [1.165, 1.54) is 33.1 Å². The molecule has 0 saturated carbocycles. The average molecular weight is 399 g/mol. The van der Waals surface area contributed by atoms with Gasteiger partial charge in [-0.05, 0) is 47.9 Å². The monoisotopic (exact) mass is 398 g/mol. The van der Waals surface area contributed by atoms with Crippen molar-refractivity contribution >= 4 is 27.5 Å². The van der Waals surface area contributed by atoms with E-state index in [1.807, 2.05) is 0 Å². The number of anilines is 1. The Morgan fingerprint density at radius 3 is 2.53 bits per heavy atom. The summed E-state index contributed by atoms with van der Waals surface area (Å²) in [5.41, 5.74) is 6.16. The molecule has 0 spiro atoms. The standard InChI is InChI=1S/C24H25N3O.CHN/c1-17-14-21(26-10-12-28-13-11-26)15-23-24(17)25-18(2)27(23)16-20-8-5-7-19-6-3-4-9-22(19)20;1-2/h3-9,14-15H,10-13,16H2,1-2H3;1H. The lowest BCUT2D eigenvalue weighted by molar-refractivity contribution is 0.122. The zero-order valence-electron chi connectivity index (χ0n) is 17.5. The summed E-state index contributed by atoms with van der Waals surface area (Å²) < 4.78 is 7.88. The maximum atomic E-state index is 6.50. The number of imidazole rings is 1. The van der Waals surface area contributed by atoms with Crippen molar-refractivity contribution in [2.75, 3.05) is 31.2 Å². The van der Waals surface area contributed by atoms with Gasteiger partial charge < -0.3 is 14.2 Å². The molecule has 1 aliphatic heterocycles. The van der Waals surface area contributed by atoms with Gasteiger partial charge in [-0.3, -0.25) is 0 Å². The predicted molar refractivity (Wildman–Crippen MR) is 122 cm³/mol. The molecule has 5 nitrogen and oxygen atoms in total. The van der Waals surface area contributed by atoms with E-state index in [4.69, 9.17) is 15.0 Å². The molecule has 0 amide bonds. The lowest BCUT2D eigenvalue weighted by Gasteiger charge is -2.29. The van der Waals surface area contributed by atoms with E-state index < -0.39 is 0 Å². The molecule has 0 radical (unpaired) electrons. The predicted octanol–water partition coefficient (Wildman–Crippen LogP) is 4.83. The SMILES string of the molecule is C#N.Cc1cc(N2CCOCC2)cc2c1nc(C)n2Cc1cccc2ccccc12. The Labute approximate surface area is 177 Å². The molecule has 3 aromatic carbocycles. The highest BCUT2D eigenvalue weighted by Crippen LogP contribution is 2.29. The van der Waals surface area contributed by atoms with Crippen molar-refractivity contribution in [3.8, 4) is 6.57 Å². The molecule has 0 unspecified atom stereocenters. The summed E-state index contributed by atoms with van der Waals surface area (Å²) in [7, 11) is 0. The van der Waals surface area contributed by atoms with Gasteiger partial charge >= 0.3 is 0 Å². The zero-order chi connectivity index (χ0) is 21.1. The normalized spacial score (nSPS) is 13.9. The van der Waals surface area contributed by atoms with Gasteiger partial charge in [0.25, 0.3) is 0 Å². The summed E-state index contributed by atoms with van der Waals surface area (Å²) in [6, 6.07) is 19.7. The maximum absolute atomic E-state index is 6.50. The molecule has 1 fully saturated rings. The Bertz CT molecular complexity index is 1200. The molecule has 1 saturated heterocycles. The van der Waals surface area contributed by atoms with E-state index in [2.05, 4.69) is 84.5 Å². The van der Waals surface area contributed by atoms with E-state index in [0.717, 1.165) is 44.2 Å². The number of ether oxygens (including phenoxy) is 1. The number of nitrogens with zero attached hydrogens (tertiary/aromatic N) is 4. The van der Waals surface area contributed by atoms with Gasteiger partial charge in [0.05, 0.1) is 24.2 Å². The van der Waals surface area contributed by atoms with Crippen LogP contribution in [-0.4, -0.2) is 35.9 Å². The molecule has 4 aromatic rings. The van der Waals surface area contributed by atoms with Crippen LogP contribution in [0.1, 0.15) is 17.0 Å². The average Bonchev–Trinajstić information content (AvgIpc) is 3.12. The fraction of sp³-hybridized carbons (Fsp3) is 0.280. The van der Waals surface area contributed by atoms with Crippen LogP contribution in [0.2, 0.25) is 0 Å². The molecule has 0 aliphatic carbocycles. The van der Waals surface area contributed by atoms with Crippen LogP contribution in [-0.2, 0) is 11.3 Å². The molecule has 1 aliphatic rings. The highest BCUT2D eigenvalue weighted by Gasteiger charge is 2.17. The molecule has 2 heterocycles. The minimum absolute atomic E-state index is 0.797. The Hall–Kier alpha value is -3.36. The van der Waals surface area contributed by atoms with E-state index in [-0.39, 0.29) is 0 Å². The van der Waals surface area contributed by atoms with E-state index >= 15 is 0 Å². The van der Waals surface area contributed by atoms with Crippen LogP contribution in [0, 0.1) is 25.7 Å². The van der Waals surface area contributed by atoms with Crippen LogP contribution >= 0.6 is 0 Å². The Morgan fingerprint density at radius 2 is 1.73 bits per heavy atom. The number of fused-ring (bicyclic) bond motifs is 2. The van der Waals surface area contributed by atoms with Crippen LogP contribution in [0.25, 0.3) is 21.8 Å². The number of morpholine rings is 1. The summed E-state index contributed by atoms with van der Waals surface area (Å²) in [4.78, 5) is 7.31. The number of nitriles is 1. The topological polar surface area (TPSA) is 54.1 Å². The molecule has 0 bridgehead atoms. The van der Waals surface area contributed by atoms with Gasteiger partial charge in [0, 0.05) is 31.9 Å². The second-order valence-electron chi connectivity index (χ2n) is 7.61. The number of hydrogen-bond donors (Lipinski definition) is 0. The van der Waals surface area contributed by atoms with E-state index in [0.29, 0.717) is 0 Å². The number of benzene rings is 3. The third kappa shape index (κ3) is 3.62. The van der Waals surface area contributed by atoms with Crippen LogP contribution < -0.4 is 4.90 Å². The molecule has 152 valence electrons. The number of aromatic nitrogens is 2. The minimum atomic E-state index is 0.797. The van der Waals surface area contributed by atoms with Crippen molar-refractivity contribution in [2.45, 2.75) is 20.4 Å². The van der Waals surface area contributed by atoms with Gasteiger partial charge in [0.1, 0.15) is 5.82 Å². The van der Waals surface area contributed by atoms with Crippen molar-refractivity contribution < 1.29 is 4.74 Å². The summed E-state index contributed by atoms with van der Waals surface area (Å²) in [5, 5.41) is 9.10. The van der Waals surface area contributed by atoms with Gasteiger partial charge in [-0.15, -0.1) is 0 Å². The van der Waals surface area contributed by atoms with Crippen molar-refractivity contribution in [1.82, 2.24) is 9.55 Å². The second kappa shape index (κ2) is 8.56. The molecule has 1 aromatic heterocycles. The highest BCUT2D eigenvalue weighted by atomic mass is 16.5. The van der Waals surface area contributed by atoms with Crippen molar-refractivity contribution in [3.63, 3.8) is 0 Å². The summed E-state index contributed by atoms with van der Waals surface area (Å²) in [5.74, 6) is 1.06. The molecular weight excluding hydrogens is 372 g/mol. The van der Waals surface area contributed by atoms with Crippen LogP contribution in [0.5, 0.6) is 0 Å². The first-order valence-electron chi connectivity index (χ1n) is 10.2. The fourth-order valence-corrected chi connectivity index (χ4v) is 4.29. The van der Waals surface area contributed by atoms with Gasteiger partial charge in [0.15, 0.2) is 0 Å². The summed E-state index contributed by atoms with van der Waals surface area (Å²) in [6.45, 7) is 12.1. The quantitative estimate of drug-likeness (QED) is 0.496. The van der Waals surface area contributed by atoms with Crippen molar-refractivity contribution in [1.29, 1.82) is 5.26 Å². The first kappa shape index (κ1) is 19.9. The minimum Gasteiger partial charge on any atom is -0.378 e. The molecule has 0 N–H and O–H groups in total. The Balaban J connectivity index is 0.00000106. The Morgan fingerprint density at radius 1 is 1.00 bits per heavy atom. The maximum Gasteiger partial charge on any atom is 0.107 e. The highest BCUT2D eigenvalue weighted by molar-refractivity contribution is 5.87. The van der Waals surface area contributed by atoms with Gasteiger partial charge in [-0.25, -0.2) is 10.2 Å². The van der Waals surface area contributed by atoms with Gasteiger partial charge in [0.2, 0.25) is 0 Å². The molecule has 5 rings (SSSR count). The van der Waals surface area contributed by atoms with Crippen molar-refractivity contribution in [3.05, 3.63) is 71.5 Å². The lowest BCUT2D eigenvalue weighted by Crippen LogP contribution is -2.36. The summed E-state index contributed by atoms with van der Waals surface area (Å²) in [6.07, 6.45) is 0. The first-order valence-corrected chi connectivity index (χ1v) is 10.2. The van der Waals surface area contributed by atoms with Gasteiger partial charge in [-0.1, -0.05) is 42.5 Å². The van der Waals surface area contributed by atoms with E-state index in [1.54, 1.807) is 0 Å². The first-order chi connectivity index (χ1) is 14.7. The third-order valence-corrected chi connectivity index (χ3v) is 5.80. The Kier molecular flexibility index (Phi) is 5.69. The van der Waals surface area contributed by atoms with Crippen molar-refractivity contribution in [2.24, 2.45) is 0 Å². The smallest absolute Gasteiger partial charge is 0.107 e. The second-order valence-corrected chi connectivity index (χ2v) is 7.61. The van der Waals surface area contributed by atoms with Crippen LogP contribution in [0.4, 0.5) is 5.69 Å². The molecule has 5 heteroatoms. The number of hydrogen-bond acceptors (Lipinski definition) is 4.